The van der Waals surface area contributed by atoms with Gasteiger partial charge in [-0.25, -0.2) is 4.79 Å². The van der Waals surface area contributed by atoms with Crippen molar-refractivity contribution < 1.29 is 14.3 Å². The van der Waals surface area contributed by atoms with E-state index in [1.807, 2.05) is 46.1 Å². The number of alkyl carbamates (subject to hydrolysis) is 1. The minimum atomic E-state index is -0.702. The van der Waals surface area contributed by atoms with Gasteiger partial charge < -0.3 is 24.8 Å². The Morgan fingerprint density at radius 1 is 1.12 bits per heavy atom. The topological polar surface area (TPSA) is 75.6 Å². The third kappa shape index (κ3) is 5.93. The van der Waals surface area contributed by atoms with Crippen LogP contribution in [0.15, 0.2) is 30.5 Å². The molecule has 2 N–H and O–H groups in total. The average Bonchev–Trinajstić information content (AvgIpc) is 3.11. The predicted octanol–water partition coefficient (Wildman–Crippen LogP) is 3.99. The van der Waals surface area contributed by atoms with Gasteiger partial charge in [0.2, 0.25) is 5.91 Å². The summed E-state index contributed by atoms with van der Waals surface area (Å²) < 4.78 is 7.53. The summed E-state index contributed by atoms with van der Waals surface area (Å²) in [5, 5.41) is 7.13. The van der Waals surface area contributed by atoms with Gasteiger partial charge in [-0.2, -0.15) is 0 Å². The second-order valence-electron chi connectivity index (χ2n) is 10.9. The van der Waals surface area contributed by atoms with Crippen LogP contribution in [0, 0.1) is 5.92 Å². The van der Waals surface area contributed by atoms with Crippen LogP contribution in [0.25, 0.3) is 10.9 Å². The van der Waals surface area contributed by atoms with E-state index in [1.54, 1.807) is 0 Å². The molecule has 2 aliphatic rings. The highest BCUT2D eigenvalue weighted by atomic mass is 16.6. The van der Waals surface area contributed by atoms with Crippen LogP contribution in [0.3, 0.4) is 0 Å². The van der Waals surface area contributed by atoms with E-state index in [0.29, 0.717) is 24.9 Å². The van der Waals surface area contributed by atoms with Gasteiger partial charge in [-0.15, -0.1) is 0 Å². The Kier molecular flexibility index (Phi) is 7.51. The van der Waals surface area contributed by atoms with Gasteiger partial charge in [0.1, 0.15) is 11.6 Å². The lowest BCUT2D eigenvalue weighted by Crippen LogP contribution is -2.54. The van der Waals surface area contributed by atoms with E-state index in [1.165, 1.54) is 38.8 Å². The van der Waals surface area contributed by atoms with Gasteiger partial charge in [0.15, 0.2) is 0 Å². The number of aromatic nitrogens is 1. The van der Waals surface area contributed by atoms with Crippen molar-refractivity contribution in [3.05, 3.63) is 36.0 Å². The minimum Gasteiger partial charge on any atom is -0.444 e. The molecule has 0 bridgehead atoms. The van der Waals surface area contributed by atoms with Gasteiger partial charge in [0.05, 0.1) is 0 Å². The number of ether oxygens (including phenoxy) is 1. The Labute approximate surface area is 203 Å². The molecule has 1 aromatic carbocycles. The number of amides is 2. The summed E-state index contributed by atoms with van der Waals surface area (Å²) in [4.78, 5) is 28.6. The van der Waals surface area contributed by atoms with Crippen molar-refractivity contribution in [3.8, 4) is 0 Å². The van der Waals surface area contributed by atoms with Gasteiger partial charge >= 0.3 is 6.09 Å². The number of piperidine rings is 2. The van der Waals surface area contributed by atoms with Crippen LogP contribution in [0.4, 0.5) is 4.79 Å². The molecule has 0 aliphatic carbocycles. The average molecular weight is 469 g/mol. The Morgan fingerprint density at radius 2 is 1.88 bits per heavy atom. The molecular weight excluding hydrogens is 428 g/mol. The molecule has 7 nitrogen and oxygen atoms in total. The molecule has 4 rings (SSSR count). The SMILES string of the molecule is Cn1cc(C[C@@H](NC(=O)OC(C)(C)C)C(=O)NC[C@H]2CCCN3CCCC[C@@H]23)c2ccccc21. The fourth-order valence-electron chi connectivity index (χ4n) is 5.64. The first kappa shape index (κ1) is 24.6. The third-order valence-corrected chi connectivity index (χ3v) is 7.18. The molecule has 2 fully saturated rings. The van der Waals surface area contributed by atoms with Crippen molar-refractivity contribution in [1.82, 2.24) is 20.1 Å². The fraction of sp³-hybridized carbons (Fsp3) is 0.630. The van der Waals surface area contributed by atoms with Crippen molar-refractivity contribution in [2.75, 3.05) is 19.6 Å². The zero-order valence-corrected chi connectivity index (χ0v) is 21.1. The number of aryl methyl sites for hydroxylation is 1. The van der Waals surface area contributed by atoms with E-state index in [4.69, 9.17) is 4.74 Å². The molecule has 2 aromatic rings. The van der Waals surface area contributed by atoms with E-state index < -0.39 is 17.7 Å². The van der Waals surface area contributed by atoms with Crippen LogP contribution in [0.1, 0.15) is 58.4 Å². The molecule has 2 saturated heterocycles. The molecule has 7 heteroatoms. The van der Waals surface area contributed by atoms with E-state index in [2.05, 4.69) is 32.2 Å². The number of nitrogens with zero attached hydrogens (tertiary/aromatic N) is 2. The standard InChI is InChI=1S/C27H40N4O3/c1-27(2,3)34-26(33)29-22(16-20-18-30(4)24-13-6-5-11-21(20)24)25(32)28-17-19-10-9-15-31-14-8-7-12-23(19)31/h5-6,11,13,18-19,22-23H,7-10,12,14-17H2,1-4H3,(H,28,32)(H,29,33)/t19-,22-,23+/m1/s1. The van der Waals surface area contributed by atoms with Crippen LogP contribution < -0.4 is 10.6 Å². The second-order valence-corrected chi connectivity index (χ2v) is 10.9. The normalized spacial score (nSPS) is 22.1. The number of hydrogen-bond acceptors (Lipinski definition) is 4. The van der Waals surface area contributed by atoms with Crippen molar-refractivity contribution in [1.29, 1.82) is 0 Å². The Balaban J connectivity index is 1.47. The highest BCUT2D eigenvalue weighted by Crippen LogP contribution is 2.30. The molecule has 0 spiro atoms. The van der Waals surface area contributed by atoms with Crippen LogP contribution >= 0.6 is 0 Å². The van der Waals surface area contributed by atoms with Gasteiger partial charge in [0, 0.05) is 43.2 Å². The lowest BCUT2D eigenvalue weighted by atomic mass is 9.83. The Bertz CT molecular complexity index is 1010. The molecule has 186 valence electrons. The number of para-hydroxylation sites is 1. The first-order valence-corrected chi connectivity index (χ1v) is 12.8. The zero-order chi connectivity index (χ0) is 24.3. The number of carbonyl (C=O) groups is 2. The van der Waals surface area contributed by atoms with Gasteiger partial charge in [-0.05, 0) is 77.1 Å². The molecule has 2 aliphatic heterocycles. The number of nitrogens with one attached hydrogen (secondary N) is 2. The Morgan fingerprint density at radius 3 is 2.68 bits per heavy atom. The first-order chi connectivity index (χ1) is 16.2. The molecule has 34 heavy (non-hydrogen) atoms. The van der Waals surface area contributed by atoms with Gasteiger partial charge in [-0.1, -0.05) is 24.6 Å². The van der Waals surface area contributed by atoms with Crippen LogP contribution in [0.2, 0.25) is 0 Å². The molecule has 0 saturated carbocycles. The van der Waals surface area contributed by atoms with Gasteiger partial charge in [0.25, 0.3) is 0 Å². The number of rotatable bonds is 6. The van der Waals surface area contributed by atoms with Crippen molar-refractivity contribution >= 4 is 22.9 Å². The smallest absolute Gasteiger partial charge is 0.408 e. The molecule has 1 aromatic heterocycles. The van der Waals surface area contributed by atoms with E-state index >= 15 is 0 Å². The number of hydrogen-bond donors (Lipinski definition) is 2. The zero-order valence-electron chi connectivity index (χ0n) is 21.1. The first-order valence-electron chi connectivity index (χ1n) is 12.8. The quantitative estimate of drug-likeness (QED) is 0.672. The van der Waals surface area contributed by atoms with Crippen LogP contribution in [0.5, 0.6) is 0 Å². The van der Waals surface area contributed by atoms with Crippen molar-refractivity contribution in [2.24, 2.45) is 13.0 Å². The minimum absolute atomic E-state index is 0.147. The predicted molar refractivity (Wildman–Crippen MR) is 135 cm³/mol. The molecule has 3 atom stereocenters. The molecule has 0 unspecified atom stereocenters. The summed E-state index contributed by atoms with van der Waals surface area (Å²) >= 11 is 0. The summed E-state index contributed by atoms with van der Waals surface area (Å²) in [5.41, 5.74) is 1.51. The maximum Gasteiger partial charge on any atom is 0.408 e. The number of benzene rings is 1. The molecular formula is C27H40N4O3. The fourth-order valence-corrected chi connectivity index (χ4v) is 5.64. The highest BCUT2D eigenvalue weighted by molar-refractivity contribution is 5.88. The second kappa shape index (κ2) is 10.4. The van der Waals surface area contributed by atoms with Crippen molar-refractivity contribution in [2.45, 2.75) is 77.0 Å². The lowest BCUT2D eigenvalue weighted by molar-refractivity contribution is -0.123. The summed E-state index contributed by atoms with van der Waals surface area (Å²) in [6.45, 7) is 8.49. The van der Waals surface area contributed by atoms with Crippen LogP contribution in [-0.2, 0) is 23.0 Å². The maximum atomic E-state index is 13.4. The van der Waals surface area contributed by atoms with Gasteiger partial charge in [-0.3, -0.25) is 4.79 Å². The lowest BCUT2D eigenvalue weighted by Gasteiger charge is -2.44. The molecule has 0 radical (unpaired) electrons. The van der Waals surface area contributed by atoms with E-state index in [0.717, 1.165) is 22.9 Å². The monoisotopic (exact) mass is 468 g/mol. The summed E-state index contributed by atoms with van der Waals surface area (Å²) in [7, 11) is 2.00. The van der Waals surface area contributed by atoms with Crippen LogP contribution in [-0.4, -0.2) is 58.8 Å². The molecule has 3 heterocycles. The molecule has 2 amide bonds. The number of fused-ring (bicyclic) bond motifs is 2. The number of carbonyl (C=O) groups excluding carboxylic acids is 2. The summed E-state index contributed by atoms with van der Waals surface area (Å²) in [6.07, 6.45) is 7.99. The van der Waals surface area contributed by atoms with Crippen molar-refractivity contribution in [3.63, 3.8) is 0 Å². The largest absolute Gasteiger partial charge is 0.444 e. The summed E-state index contributed by atoms with van der Waals surface area (Å²) in [6, 6.07) is 8.00. The van der Waals surface area contributed by atoms with E-state index in [-0.39, 0.29) is 5.91 Å². The summed E-state index contributed by atoms with van der Waals surface area (Å²) in [5.74, 6) is 0.324. The highest BCUT2D eigenvalue weighted by Gasteiger charge is 2.34. The Hall–Kier alpha value is -2.54. The third-order valence-electron chi connectivity index (χ3n) is 7.18. The maximum absolute atomic E-state index is 13.4. The van der Waals surface area contributed by atoms with E-state index in [9.17, 15) is 9.59 Å².